The third kappa shape index (κ3) is 35.5. The number of hydrogen-bond donors (Lipinski definition) is 0. The van der Waals surface area contributed by atoms with E-state index >= 15 is 0 Å². The van der Waals surface area contributed by atoms with Gasteiger partial charge >= 0.3 is 17.9 Å². The third-order valence-corrected chi connectivity index (χ3v) is 9.04. The van der Waals surface area contributed by atoms with Crippen LogP contribution < -0.4 is 0 Å². The largest absolute Gasteiger partial charge is 0.462 e. The molecule has 0 aromatic rings. The van der Waals surface area contributed by atoms with Crippen LogP contribution in [0.5, 0.6) is 0 Å². The van der Waals surface area contributed by atoms with Gasteiger partial charge in [0.2, 0.25) is 0 Å². The Bertz CT molecular complexity index is 706. The Balaban J connectivity index is 4.35. The van der Waals surface area contributed by atoms with Crippen LogP contribution in [0.15, 0.2) is 0 Å². The van der Waals surface area contributed by atoms with Gasteiger partial charge in [-0.3, -0.25) is 14.4 Å². The summed E-state index contributed by atoms with van der Waals surface area (Å²) in [7, 11) is 0. The minimum atomic E-state index is -0.757. The molecule has 0 unspecified atom stereocenters. The van der Waals surface area contributed by atoms with Crippen LogP contribution in [0, 0.1) is 5.92 Å². The summed E-state index contributed by atoms with van der Waals surface area (Å²) in [5.74, 6) is -0.0899. The number of rotatable bonds is 36. The van der Waals surface area contributed by atoms with Crippen molar-refractivity contribution in [3.05, 3.63) is 0 Å². The molecule has 1 atom stereocenters. The number of unbranched alkanes of at least 4 members (excludes halogenated alkanes) is 23. The molecule has 0 bridgehead atoms. The Kier molecular flexibility index (Phi) is 34.5. The summed E-state index contributed by atoms with van der Waals surface area (Å²) in [6, 6.07) is 0. The molecule has 0 aliphatic rings. The van der Waals surface area contributed by atoms with Crippen LogP contribution in [-0.2, 0) is 28.6 Å². The van der Waals surface area contributed by atoms with Gasteiger partial charge in [0.25, 0.3) is 0 Å². The minimum Gasteiger partial charge on any atom is -0.462 e. The van der Waals surface area contributed by atoms with E-state index in [-0.39, 0.29) is 31.1 Å². The van der Waals surface area contributed by atoms with Gasteiger partial charge in [-0.2, -0.15) is 0 Å². The second-order valence-corrected chi connectivity index (χ2v) is 14.4. The first-order valence-corrected chi connectivity index (χ1v) is 20.4. The third-order valence-electron chi connectivity index (χ3n) is 9.04. The molecule has 0 heterocycles. The summed E-state index contributed by atoms with van der Waals surface area (Å²) in [6.45, 7) is 8.89. The lowest BCUT2D eigenvalue weighted by molar-refractivity contribution is -0.167. The van der Waals surface area contributed by atoms with E-state index in [9.17, 15) is 14.4 Å². The van der Waals surface area contributed by atoms with E-state index in [0.717, 1.165) is 63.7 Å². The van der Waals surface area contributed by atoms with Gasteiger partial charge in [0.05, 0.1) is 0 Å². The first-order chi connectivity index (χ1) is 22.9. The second kappa shape index (κ2) is 35.7. The topological polar surface area (TPSA) is 78.9 Å². The van der Waals surface area contributed by atoms with Gasteiger partial charge in [-0.1, -0.05) is 182 Å². The molecule has 0 fully saturated rings. The van der Waals surface area contributed by atoms with E-state index in [4.69, 9.17) is 14.2 Å². The molecular weight excluding hydrogens is 588 g/mol. The van der Waals surface area contributed by atoms with Gasteiger partial charge in [0.1, 0.15) is 13.2 Å². The molecule has 6 nitrogen and oxygen atoms in total. The Labute approximate surface area is 291 Å². The fourth-order valence-corrected chi connectivity index (χ4v) is 5.92. The van der Waals surface area contributed by atoms with Crippen LogP contribution in [0.25, 0.3) is 0 Å². The fraction of sp³-hybridized carbons (Fsp3) is 0.927. The van der Waals surface area contributed by atoms with Gasteiger partial charge in [-0.05, 0) is 25.2 Å². The second-order valence-electron chi connectivity index (χ2n) is 14.4. The molecule has 0 N–H and O–H groups in total. The van der Waals surface area contributed by atoms with Gasteiger partial charge in [0, 0.05) is 19.3 Å². The van der Waals surface area contributed by atoms with Crippen molar-refractivity contribution in [2.24, 2.45) is 5.92 Å². The van der Waals surface area contributed by atoms with Crippen molar-refractivity contribution in [2.45, 2.75) is 226 Å². The molecule has 0 saturated heterocycles. The molecule has 0 aromatic heterocycles. The molecular formula is C41H78O6. The number of ether oxygens (including phenoxy) is 3. The lowest BCUT2D eigenvalue weighted by Gasteiger charge is -2.18. The van der Waals surface area contributed by atoms with Crippen molar-refractivity contribution >= 4 is 17.9 Å². The summed E-state index contributed by atoms with van der Waals surface area (Å²) in [6.07, 6.45) is 32.4. The zero-order valence-electron chi connectivity index (χ0n) is 31.7. The van der Waals surface area contributed by atoms with Crippen molar-refractivity contribution < 1.29 is 28.6 Å². The Morgan fingerprint density at radius 2 is 0.702 bits per heavy atom. The van der Waals surface area contributed by atoms with Crippen molar-refractivity contribution in [2.75, 3.05) is 13.2 Å². The zero-order chi connectivity index (χ0) is 34.6. The average Bonchev–Trinajstić information content (AvgIpc) is 3.05. The number of hydrogen-bond acceptors (Lipinski definition) is 6. The zero-order valence-corrected chi connectivity index (χ0v) is 31.7. The summed E-state index contributed by atoms with van der Waals surface area (Å²) < 4.78 is 16.6. The molecule has 0 aliphatic carbocycles. The summed E-state index contributed by atoms with van der Waals surface area (Å²) in [4.78, 5) is 37.4. The lowest BCUT2D eigenvalue weighted by Crippen LogP contribution is -2.30. The monoisotopic (exact) mass is 667 g/mol. The highest BCUT2D eigenvalue weighted by Crippen LogP contribution is 2.15. The minimum absolute atomic E-state index is 0.0655. The van der Waals surface area contributed by atoms with E-state index in [1.807, 2.05) is 0 Å². The predicted molar refractivity (Wildman–Crippen MR) is 196 cm³/mol. The Hall–Kier alpha value is -1.59. The molecule has 0 radical (unpaired) electrons. The SMILES string of the molecule is CCCCCCCCCCCCC(=O)OC[C@@H](COC(=O)CCCCCCCCCCC)OC(=O)CCCCCCCCCC(C)C. The summed E-state index contributed by atoms with van der Waals surface area (Å²) in [5, 5.41) is 0. The highest BCUT2D eigenvalue weighted by atomic mass is 16.6. The Morgan fingerprint density at radius 1 is 0.404 bits per heavy atom. The lowest BCUT2D eigenvalue weighted by atomic mass is 10.0. The smallest absolute Gasteiger partial charge is 0.306 e. The maximum Gasteiger partial charge on any atom is 0.306 e. The Morgan fingerprint density at radius 3 is 1.04 bits per heavy atom. The van der Waals surface area contributed by atoms with E-state index in [0.29, 0.717) is 19.3 Å². The first kappa shape index (κ1) is 45.4. The molecule has 0 aromatic carbocycles. The van der Waals surface area contributed by atoms with Crippen LogP contribution in [0.4, 0.5) is 0 Å². The molecule has 0 amide bonds. The van der Waals surface area contributed by atoms with Gasteiger partial charge in [-0.15, -0.1) is 0 Å². The summed E-state index contributed by atoms with van der Waals surface area (Å²) >= 11 is 0. The summed E-state index contributed by atoms with van der Waals surface area (Å²) in [5.41, 5.74) is 0. The van der Waals surface area contributed by atoms with Gasteiger partial charge in [0.15, 0.2) is 6.10 Å². The highest BCUT2D eigenvalue weighted by molar-refractivity contribution is 5.71. The maximum atomic E-state index is 12.6. The van der Waals surface area contributed by atoms with E-state index in [1.54, 1.807) is 0 Å². The first-order valence-electron chi connectivity index (χ1n) is 20.4. The van der Waals surface area contributed by atoms with E-state index in [1.165, 1.54) is 116 Å². The quantitative estimate of drug-likeness (QED) is 0.0376. The maximum absolute atomic E-state index is 12.6. The molecule has 0 rings (SSSR count). The van der Waals surface area contributed by atoms with Crippen LogP contribution >= 0.6 is 0 Å². The number of esters is 3. The number of carbonyl (C=O) groups is 3. The average molecular weight is 667 g/mol. The van der Waals surface area contributed by atoms with Crippen molar-refractivity contribution in [1.29, 1.82) is 0 Å². The van der Waals surface area contributed by atoms with E-state index < -0.39 is 6.10 Å². The van der Waals surface area contributed by atoms with Crippen molar-refractivity contribution in [1.82, 2.24) is 0 Å². The van der Waals surface area contributed by atoms with Gasteiger partial charge < -0.3 is 14.2 Å². The predicted octanol–water partition coefficient (Wildman–Crippen LogP) is 12.4. The van der Waals surface area contributed by atoms with Crippen molar-refractivity contribution in [3.8, 4) is 0 Å². The number of carbonyl (C=O) groups excluding carboxylic acids is 3. The normalized spacial score (nSPS) is 11.9. The highest BCUT2D eigenvalue weighted by Gasteiger charge is 2.19. The van der Waals surface area contributed by atoms with Crippen LogP contribution in [0.2, 0.25) is 0 Å². The van der Waals surface area contributed by atoms with Gasteiger partial charge in [-0.25, -0.2) is 0 Å². The van der Waals surface area contributed by atoms with Crippen LogP contribution in [-0.4, -0.2) is 37.2 Å². The van der Waals surface area contributed by atoms with E-state index in [2.05, 4.69) is 27.7 Å². The van der Waals surface area contributed by atoms with Crippen LogP contribution in [0.3, 0.4) is 0 Å². The molecule has 47 heavy (non-hydrogen) atoms. The molecule has 0 spiro atoms. The molecule has 0 saturated carbocycles. The fourth-order valence-electron chi connectivity index (χ4n) is 5.92. The van der Waals surface area contributed by atoms with Crippen LogP contribution in [0.1, 0.15) is 220 Å². The molecule has 0 aliphatic heterocycles. The molecule has 6 heteroatoms. The standard InChI is InChI=1S/C41H78O6/c1-5-7-9-11-13-15-17-21-25-29-33-40(43)46-36-38(35-45-39(42)32-28-24-20-16-14-12-10-8-6-2)47-41(44)34-30-26-22-18-19-23-27-31-37(3)4/h37-38H,5-36H2,1-4H3/t38-/m1/s1. The van der Waals surface area contributed by atoms with Crippen molar-refractivity contribution in [3.63, 3.8) is 0 Å². The molecule has 278 valence electrons.